The summed E-state index contributed by atoms with van der Waals surface area (Å²) in [6.07, 6.45) is 2.63. The maximum absolute atomic E-state index is 13.5. The molecule has 0 saturated heterocycles. The van der Waals surface area contributed by atoms with Gasteiger partial charge in [0.25, 0.3) is 0 Å². The van der Waals surface area contributed by atoms with Crippen LogP contribution in [0.1, 0.15) is 24.8 Å². The van der Waals surface area contributed by atoms with Crippen molar-refractivity contribution in [1.29, 1.82) is 0 Å². The molecule has 2 aromatic rings. The summed E-state index contributed by atoms with van der Waals surface area (Å²) in [6.45, 7) is 4.60. The molecule has 1 amide bonds. The molecule has 1 heterocycles. The Labute approximate surface area is 158 Å². The summed E-state index contributed by atoms with van der Waals surface area (Å²) in [5.41, 5.74) is 3.12. The van der Waals surface area contributed by atoms with Crippen LogP contribution < -0.4 is 10.2 Å². The molecular formula is C21H24FN3O2. The molecule has 0 spiro atoms. The Morgan fingerprint density at radius 2 is 2.00 bits per heavy atom. The highest BCUT2D eigenvalue weighted by molar-refractivity contribution is 6.12. The Hall–Kier alpha value is -2.73. The van der Waals surface area contributed by atoms with Crippen LogP contribution in [0.2, 0.25) is 0 Å². The molecule has 1 unspecified atom stereocenters. The van der Waals surface area contributed by atoms with E-state index in [2.05, 4.69) is 22.1 Å². The van der Waals surface area contributed by atoms with Crippen molar-refractivity contribution in [2.45, 2.75) is 19.3 Å². The number of aliphatic imine (C=N–C) groups is 1. The smallest absolute Gasteiger partial charge is 0.237 e. The Morgan fingerprint density at radius 1 is 1.22 bits per heavy atom. The van der Waals surface area contributed by atoms with Crippen LogP contribution in [-0.2, 0) is 9.53 Å². The van der Waals surface area contributed by atoms with Crippen molar-refractivity contribution in [3.63, 3.8) is 0 Å². The highest BCUT2D eigenvalue weighted by Crippen LogP contribution is 2.32. The van der Waals surface area contributed by atoms with Crippen LogP contribution in [0.4, 0.5) is 21.5 Å². The lowest BCUT2D eigenvalue weighted by Gasteiger charge is -2.24. The molecule has 5 nitrogen and oxygen atoms in total. The van der Waals surface area contributed by atoms with Crippen molar-refractivity contribution in [3.8, 4) is 0 Å². The van der Waals surface area contributed by atoms with Crippen molar-refractivity contribution in [2.24, 2.45) is 4.99 Å². The van der Waals surface area contributed by atoms with Gasteiger partial charge in [-0.3, -0.25) is 9.79 Å². The van der Waals surface area contributed by atoms with Gasteiger partial charge >= 0.3 is 0 Å². The Morgan fingerprint density at radius 3 is 2.70 bits per heavy atom. The van der Waals surface area contributed by atoms with Gasteiger partial charge in [-0.1, -0.05) is 6.92 Å². The first-order valence-electron chi connectivity index (χ1n) is 9.11. The maximum Gasteiger partial charge on any atom is 0.237 e. The van der Waals surface area contributed by atoms with Gasteiger partial charge in [-0.15, -0.1) is 0 Å². The van der Waals surface area contributed by atoms with E-state index in [1.165, 1.54) is 12.1 Å². The third-order valence-corrected chi connectivity index (χ3v) is 4.54. The zero-order valence-corrected chi connectivity index (χ0v) is 15.6. The van der Waals surface area contributed by atoms with Crippen molar-refractivity contribution in [3.05, 3.63) is 53.8 Å². The van der Waals surface area contributed by atoms with E-state index in [4.69, 9.17) is 4.74 Å². The molecule has 1 atom stereocenters. The Bertz CT molecular complexity index is 821. The molecule has 0 aliphatic carbocycles. The van der Waals surface area contributed by atoms with Crippen molar-refractivity contribution in [2.75, 3.05) is 37.0 Å². The first-order valence-corrected chi connectivity index (χ1v) is 9.11. The van der Waals surface area contributed by atoms with Crippen LogP contribution in [0.5, 0.6) is 0 Å². The number of rotatable bonds is 8. The fourth-order valence-electron chi connectivity index (χ4n) is 3.16. The predicted molar refractivity (Wildman–Crippen MR) is 107 cm³/mol. The minimum Gasteiger partial charge on any atom is -0.383 e. The van der Waals surface area contributed by atoms with Crippen LogP contribution in [-0.4, -0.2) is 38.9 Å². The van der Waals surface area contributed by atoms with Gasteiger partial charge in [0, 0.05) is 37.8 Å². The number of fused-ring (bicyclic) bond motifs is 1. The zero-order chi connectivity index (χ0) is 19.2. The van der Waals surface area contributed by atoms with E-state index in [1.807, 2.05) is 24.3 Å². The van der Waals surface area contributed by atoms with Gasteiger partial charge in [0.2, 0.25) is 5.91 Å². The van der Waals surface area contributed by atoms with Crippen molar-refractivity contribution >= 4 is 29.2 Å². The van der Waals surface area contributed by atoms with Crippen LogP contribution in [0.15, 0.2) is 47.5 Å². The lowest BCUT2D eigenvalue weighted by atomic mass is 10.0. The number of nitrogens with zero attached hydrogens (tertiary/aromatic N) is 2. The Kier molecular flexibility index (Phi) is 6.19. The largest absolute Gasteiger partial charge is 0.383 e. The molecule has 6 heteroatoms. The fourth-order valence-corrected chi connectivity index (χ4v) is 3.16. The molecule has 142 valence electrons. The number of amides is 1. The second kappa shape index (κ2) is 8.77. The number of benzene rings is 2. The van der Waals surface area contributed by atoms with Gasteiger partial charge in [0.05, 0.1) is 12.3 Å². The van der Waals surface area contributed by atoms with E-state index in [-0.39, 0.29) is 11.7 Å². The quantitative estimate of drug-likeness (QED) is 0.712. The van der Waals surface area contributed by atoms with E-state index in [9.17, 15) is 9.18 Å². The minimum absolute atomic E-state index is 0.190. The van der Waals surface area contributed by atoms with Gasteiger partial charge in [-0.25, -0.2) is 4.39 Å². The molecule has 3 rings (SSSR count). The highest BCUT2D eigenvalue weighted by atomic mass is 19.1. The number of ether oxygens (including phenoxy) is 1. The number of carbonyl (C=O) groups is 1. The van der Waals surface area contributed by atoms with Crippen LogP contribution in [0.3, 0.4) is 0 Å². The summed E-state index contributed by atoms with van der Waals surface area (Å²) in [6, 6.07) is 12.2. The molecular weight excluding hydrogens is 345 g/mol. The van der Waals surface area contributed by atoms with Gasteiger partial charge in [0.15, 0.2) is 0 Å². The number of anilines is 2. The number of nitrogens with one attached hydrogen (secondary N) is 1. The second-order valence-electron chi connectivity index (χ2n) is 6.47. The number of halogens is 1. The summed E-state index contributed by atoms with van der Waals surface area (Å²) in [5.74, 6) is -1.13. The molecule has 27 heavy (non-hydrogen) atoms. The number of carbonyl (C=O) groups excluding carboxylic acids is 1. The first kappa shape index (κ1) is 19.0. The fraction of sp³-hybridized carbons (Fsp3) is 0.333. The standard InChI is InChI=1S/C21H24FN3O2/c1-3-10-25(11-12-27-2)17-7-5-16(6-8-17)23-14-19-18-13-15(22)4-9-20(18)24-21(19)26/h4-9,13-14,19H,3,10-12H2,1-2H3,(H,24,26). The lowest BCUT2D eigenvalue weighted by Crippen LogP contribution is -2.27. The third kappa shape index (κ3) is 4.52. The van der Waals surface area contributed by atoms with Gasteiger partial charge in [0.1, 0.15) is 11.7 Å². The van der Waals surface area contributed by atoms with E-state index in [0.717, 1.165) is 30.9 Å². The van der Waals surface area contributed by atoms with Gasteiger partial charge in [-0.2, -0.15) is 0 Å². The maximum atomic E-state index is 13.5. The van der Waals surface area contributed by atoms with Gasteiger partial charge < -0.3 is 15.0 Å². The van der Waals surface area contributed by atoms with Crippen molar-refractivity contribution < 1.29 is 13.9 Å². The molecule has 1 N–H and O–H groups in total. The summed E-state index contributed by atoms with van der Waals surface area (Å²) < 4.78 is 18.7. The number of hydrogen-bond donors (Lipinski definition) is 1. The second-order valence-corrected chi connectivity index (χ2v) is 6.47. The van der Waals surface area contributed by atoms with Crippen LogP contribution in [0.25, 0.3) is 0 Å². The molecule has 0 saturated carbocycles. The summed E-state index contributed by atoms with van der Waals surface area (Å²) in [7, 11) is 1.70. The highest BCUT2D eigenvalue weighted by Gasteiger charge is 2.29. The molecule has 0 radical (unpaired) electrons. The number of methoxy groups -OCH3 is 1. The first-order chi connectivity index (χ1) is 13.1. The normalized spacial score (nSPS) is 15.8. The summed E-state index contributed by atoms with van der Waals surface area (Å²) in [4.78, 5) is 18.8. The monoisotopic (exact) mass is 369 g/mol. The van der Waals surface area contributed by atoms with Crippen LogP contribution >= 0.6 is 0 Å². The average Bonchev–Trinajstić information content (AvgIpc) is 2.98. The molecule has 0 bridgehead atoms. The van der Waals surface area contributed by atoms with Gasteiger partial charge in [-0.05, 0) is 54.4 Å². The third-order valence-electron chi connectivity index (χ3n) is 4.54. The molecule has 0 aromatic heterocycles. The molecule has 0 fully saturated rings. The van der Waals surface area contributed by atoms with E-state index < -0.39 is 5.92 Å². The zero-order valence-electron chi connectivity index (χ0n) is 15.6. The molecule has 1 aliphatic heterocycles. The predicted octanol–water partition coefficient (Wildman–Crippen LogP) is 4.13. The minimum atomic E-state index is -0.575. The van der Waals surface area contributed by atoms with E-state index >= 15 is 0 Å². The van der Waals surface area contributed by atoms with Crippen molar-refractivity contribution in [1.82, 2.24) is 0 Å². The number of hydrogen-bond acceptors (Lipinski definition) is 4. The molecule has 1 aliphatic rings. The van der Waals surface area contributed by atoms with E-state index in [1.54, 1.807) is 19.4 Å². The summed E-state index contributed by atoms with van der Waals surface area (Å²) >= 11 is 0. The molecule has 2 aromatic carbocycles. The average molecular weight is 369 g/mol. The van der Waals surface area contributed by atoms with E-state index in [0.29, 0.717) is 17.9 Å². The topological polar surface area (TPSA) is 53.9 Å². The SMILES string of the molecule is CCCN(CCOC)c1ccc(N=CC2C(=O)Nc3ccc(F)cc32)cc1. The summed E-state index contributed by atoms with van der Waals surface area (Å²) in [5, 5.41) is 2.75. The van der Waals surface area contributed by atoms with Crippen LogP contribution in [0, 0.1) is 5.82 Å². The Balaban J connectivity index is 1.73. The lowest BCUT2D eigenvalue weighted by molar-refractivity contribution is -0.115.